The minimum absolute atomic E-state index is 0.0636. The van der Waals surface area contributed by atoms with Crippen molar-refractivity contribution in [3.63, 3.8) is 0 Å². The molecule has 1 rings (SSSR count). The molecule has 2 unspecified atom stereocenters. The molecule has 216 valence electrons. The number of aliphatic imine (C=N–C) groups is 1. The van der Waals surface area contributed by atoms with Crippen molar-refractivity contribution in [1.82, 2.24) is 26.6 Å². The van der Waals surface area contributed by atoms with E-state index in [9.17, 15) is 39.3 Å². The fraction of sp³-hybridized carbons (Fsp3) is 0.700. The predicted octanol–water partition coefficient (Wildman–Crippen LogP) is -6.16. The number of hydrogen-bond acceptors (Lipinski definition) is 11. The van der Waals surface area contributed by atoms with Crippen LogP contribution in [0.5, 0.6) is 0 Å². The number of likely N-dealkylation sites (N-methyl/N-ethyl adjacent to an activating group) is 1. The van der Waals surface area contributed by atoms with E-state index in [0.717, 1.165) is 11.8 Å². The Balaban J connectivity index is 3.50. The van der Waals surface area contributed by atoms with Crippen LogP contribution in [-0.4, -0.2) is 112 Å². The van der Waals surface area contributed by atoms with Gasteiger partial charge in [-0.15, -0.1) is 11.8 Å². The Labute approximate surface area is 223 Å². The molecule has 14 N–H and O–H groups in total. The Morgan fingerprint density at radius 1 is 1.08 bits per heavy atom. The van der Waals surface area contributed by atoms with Gasteiger partial charge in [0.15, 0.2) is 12.2 Å². The van der Waals surface area contributed by atoms with Crippen LogP contribution >= 0.6 is 11.8 Å². The van der Waals surface area contributed by atoms with Gasteiger partial charge in [0.05, 0.1) is 19.1 Å². The first-order chi connectivity index (χ1) is 17.8. The molecule has 38 heavy (non-hydrogen) atoms. The van der Waals surface area contributed by atoms with E-state index >= 15 is 0 Å². The zero-order valence-corrected chi connectivity index (χ0v) is 21.9. The number of primary amides is 1. The van der Waals surface area contributed by atoms with E-state index in [-0.39, 0.29) is 31.1 Å². The topological polar surface area (TPSA) is 297 Å². The van der Waals surface area contributed by atoms with Crippen LogP contribution in [0.1, 0.15) is 26.2 Å². The molecule has 0 aromatic rings. The highest BCUT2D eigenvalue weighted by molar-refractivity contribution is 8.00. The van der Waals surface area contributed by atoms with E-state index < -0.39 is 77.9 Å². The molecule has 0 saturated carbocycles. The van der Waals surface area contributed by atoms with Gasteiger partial charge in [-0.05, 0) is 26.8 Å². The summed E-state index contributed by atoms with van der Waals surface area (Å²) in [6.45, 7) is 0.552. The SMILES string of the molecule is CN[C@H]1CS[C@](CCCN=C(N)N)(C(O)O)NC(=O)C(CC(N)=O)NC(=O)[C@H](C)NC(=O)C(CO)NC1=O. The van der Waals surface area contributed by atoms with Crippen LogP contribution in [0.3, 0.4) is 0 Å². The van der Waals surface area contributed by atoms with Crippen LogP contribution in [-0.2, 0) is 24.0 Å². The maximum Gasteiger partial charge on any atom is 0.245 e. The van der Waals surface area contributed by atoms with Crippen molar-refractivity contribution in [1.29, 1.82) is 0 Å². The van der Waals surface area contributed by atoms with Gasteiger partial charge in [0.2, 0.25) is 29.5 Å². The number of thioether (sulfide) groups is 1. The zero-order valence-electron chi connectivity index (χ0n) is 21.1. The Bertz CT molecular complexity index is 902. The number of aliphatic hydroxyl groups excluding tert-OH is 2. The highest BCUT2D eigenvalue weighted by atomic mass is 32.2. The van der Waals surface area contributed by atoms with Crippen molar-refractivity contribution < 1.29 is 39.3 Å². The second-order valence-electron chi connectivity index (χ2n) is 8.52. The van der Waals surface area contributed by atoms with Crippen LogP contribution in [0.25, 0.3) is 0 Å². The van der Waals surface area contributed by atoms with Crippen LogP contribution in [0, 0.1) is 0 Å². The fourth-order valence-corrected chi connectivity index (χ4v) is 4.75. The number of carbonyl (C=O) groups excluding carboxylic acids is 5. The molecule has 0 aromatic heterocycles. The quantitative estimate of drug-likeness (QED) is 0.0540. The predicted molar refractivity (Wildman–Crippen MR) is 137 cm³/mol. The molecule has 1 heterocycles. The standard InChI is InChI=1S/C20H37N9O8S/c1-9-14(32)27-10(6-13(21)31)17(35)29-20(18(36)37,4-3-5-25-19(22)23)38-8-12(24-2)16(34)28-11(7-30)15(33)26-9/h9-12,18,24,30,36-37H,3-8H2,1-2H3,(H2,21,31)(H,26,33)(H,27,32)(H,28,34)(H,29,35)(H4,22,23,25)/t9-,10?,11?,12-,20+/m0/s1. The summed E-state index contributed by atoms with van der Waals surface area (Å²) in [6, 6.07) is -5.26. The third-order valence-corrected chi connectivity index (χ3v) is 7.06. The molecule has 0 bridgehead atoms. The van der Waals surface area contributed by atoms with E-state index in [0.29, 0.717) is 0 Å². The van der Waals surface area contributed by atoms with E-state index in [1.54, 1.807) is 0 Å². The van der Waals surface area contributed by atoms with Crippen molar-refractivity contribution in [3.05, 3.63) is 0 Å². The van der Waals surface area contributed by atoms with Gasteiger partial charge in [0.1, 0.15) is 23.0 Å². The first kappa shape index (κ1) is 32.8. The lowest BCUT2D eigenvalue weighted by atomic mass is 10.1. The van der Waals surface area contributed by atoms with Gasteiger partial charge in [0, 0.05) is 12.3 Å². The Hall–Kier alpha value is -3.19. The molecule has 17 nitrogen and oxygen atoms in total. The molecule has 5 atom stereocenters. The molecule has 0 spiro atoms. The minimum atomic E-state index is -2.19. The lowest BCUT2D eigenvalue weighted by molar-refractivity contribution is -0.137. The summed E-state index contributed by atoms with van der Waals surface area (Å²) >= 11 is 0.782. The number of aliphatic hydroxyl groups is 3. The van der Waals surface area contributed by atoms with Crippen molar-refractivity contribution in [3.8, 4) is 0 Å². The number of amides is 5. The number of nitrogens with one attached hydrogen (secondary N) is 5. The second kappa shape index (κ2) is 15.3. The maximum atomic E-state index is 13.2. The first-order valence-corrected chi connectivity index (χ1v) is 12.6. The fourth-order valence-electron chi connectivity index (χ4n) is 3.36. The van der Waals surface area contributed by atoms with E-state index in [1.807, 2.05) is 0 Å². The van der Waals surface area contributed by atoms with E-state index in [2.05, 4.69) is 31.6 Å². The third-order valence-electron chi connectivity index (χ3n) is 5.53. The van der Waals surface area contributed by atoms with Gasteiger partial charge in [-0.2, -0.15) is 0 Å². The van der Waals surface area contributed by atoms with Crippen molar-refractivity contribution in [2.45, 2.75) is 61.5 Å². The number of nitrogens with zero attached hydrogens (tertiary/aromatic N) is 1. The molecule has 0 aromatic carbocycles. The van der Waals surface area contributed by atoms with Crippen LogP contribution < -0.4 is 43.8 Å². The Kier molecular flexibility index (Phi) is 13.2. The Morgan fingerprint density at radius 2 is 1.71 bits per heavy atom. The molecule has 18 heteroatoms. The summed E-state index contributed by atoms with van der Waals surface area (Å²) < 4.78 is 0. The summed E-state index contributed by atoms with van der Waals surface area (Å²) in [4.78, 5) is 64.9. The number of rotatable bonds is 9. The Morgan fingerprint density at radius 3 is 2.24 bits per heavy atom. The third kappa shape index (κ3) is 9.93. The van der Waals surface area contributed by atoms with Gasteiger partial charge >= 0.3 is 0 Å². The lowest BCUT2D eigenvalue weighted by Gasteiger charge is -2.37. The largest absolute Gasteiger partial charge is 0.394 e. The summed E-state index contributed by atoms with van der Waals surface area (Å²) in [5.41, 5.74) is 15.9. The first-order valence-electron chi connectivity index (χ1n) is 11.6. The van der Waals surface area contributed by atoms with Crippen LogP contribution in [0.4, 0.5) is 0 Å². The second-order valence-corrected chi connectivity index (χ2v) is 9.87. The van der Waals surface area contributed by atoms with Gasteiger partial charge < -0.3 is 59.1 Å². The molecule has 1 aliphatic rings. The lowest BCUT2D eigenvalue weighted by Crippen LogP contribution is -2.61. The summed E-state index contributed by atoms with van der Waals surface area (Å²) in [5, 5.41) is 42.5. The van der Waals surface area contributed by atoms with E-state index in [1.165, 1.54) is 14.0 Å². The summed E-state index contributed by atoms with van der Waals surface area (Å²) in [6.07, 6.45) is -2.81. The molecular weight excluding hydrogens is 526 g/mol. The summed E-state index contributed by atoms with van der Waals surface area (Å²) in [5.74, 6) is -4.77. The van der Waals surface area contributed by atoms with Crippen molar-refractivity contribution in [2.24, 2.45) is 22.2 Å². The molecule has 1 saturated heterocycles. The monoisotopic (exact) mass is 563 g/mol. The highest BCUT2D eigenvalue weighted by Gasteiger charge is 2.42. The van der Waals surface area contributed by atoms with Gasteiger partial charge in [0.25, 0.3) is 0 Å². The normalized spacial score (nSPS) is 27.7. The summed E-state index contributed by atoms with van der Waals surface area (Å²) in [7, 11) is 1.44. The number of nitrogens with two attached hydrogens (primary N) is 3. The molecule has 0 radical (unpaired) electrons. The molecule has 0 aliphatic carbocycles. The molecule has 1 fully saturated rings. The van der Waals surface area contributed by atoms with Crippen LogP contribution in [0.15, 0.2) is 4.99 Å². The smallest absolute Gasteiger partial charge is 0.245 e. The highest BCUT2D eigenvalue weighted by Crippen LogP contribution is 2.32. The van der Waals surface area contributed by atoms with Crippen LogP contribution in [0.2, 0.25) is 0 Å². The molecular formula is C20H37N9O8S. The zero-order chi connectivity index (χ0) is 29.0. The minimum Gasteiger partial charge on any atom is -0.394 e. The van der Waals surface area contributed by atoms with Gasteiger partial charge in [-0.25, -0.2) is 0 Å². The maximum absolute atomic E-state index is 13.2. The number of hydrogen-bond donors (Lipinski definition) is 11. The van der Waals surface area contributed by atoms with Crippen molar-refractivity contribution >= 4 is 47.3 Å². The van der Waals surface area contributed by atoms with Crippen molar-refractivity contribution in [2.75, 3.05) is 26.0 Å². The molecule has 1 aliphatic heterocycles. The average Bonchev–Trinajstić information content (AvgIpc) is 2.83. The number of guanidine groups is 1. The van der Waals surface area contributed by atoms with E-state index in [4.69, 9.17) is 17.2 Å². The van der Waals surface area contributed by atoms with Gasteiger partial charge in [-0.3, -0.25) is 29.0 Å². The van der Waals surface area contributed by atoms with Gasteiger partial charge in [-0.1, -0.05) is 0 Å². The number of carbonyl (C=O) groups is 5. The molecule has 5 amide bonds. The average molecular weight is 564 g/mol.